The lowest BCUT2D eigenvalue weighted by Crippen LogP contribution is -2.51. The first kappa shape index (κ1) is 24.8. The second kappa shape index (κ2) is 11.9. The lowest BCUT2D eigenvalue weighted by molar-refractivity contribution is -0.142. The topological polar surface area (TPSA) is 58.6 Å². The van der Waals surface area contributed by atoms with Crippen molar-refractivity contribution in [3.8, 4) is 5.75 Å². The van der Waals surface area contributed by atoms with Crippen LogP contribution in [0.25, 0.3) is 0 Å². The fourth-order valence-corrected chi connectivity index (χ4v) is 4.15. The van der Waals surface area contributed by atoms with Gasteiger partial charge in [0.25, 0.3) is 5.91 Å². The normalized spacial score (nSPS) is 11.5. The van der Waals surface area contributed by atoms with Gasteiger partial charge >= 0.3 is 0 Å². The number of aryl methyl sites for hydroxylation is 1. The Morgan fingerprint density at radius 1 is 1.03 bits per heavy atom. The second-order valence-electron chi connectivity index (χ2n) is 7.69. The van der Waals surface area contributed by atoms with Crippen molar-refractivity contribution in [3.05, 3.63) is 99.0 Å². The van der Waals surface area contributed by atoms with Crippen molar-refractivity contribution in [1.29, 1.82) is 0 Å². The summed E-state index contributed by atoms with van der Waals surface area (Å²) in [6.45, 7) is 2.04. The molecule has 1 unspecified atom stereocenters. The van der Waals surface area contributed by atoms with Crippen LogP contribution < -0.4 is 10.1 Å². The van der Waals surface area contributed by atoms with Crippen molar-refractivity contribution < 1.29 is 14.3 Å². The van der Waals surface area contributed by atoms with E-state index in [1.807, 2.05) is 61.5 Å². The number of hydrogen-bond acceptors (Lipinski definition) is 3. The Morgan fingerprint density at radius 2 is 1.73 bits per heavy atom. The molecule has 7 heteroatoms. The molecule has 0 saturated carbocycles. The molecule has 3 rings (SSSR count). The summed E-state index contributed by atoms with van der Waals surface area (Å²) in [5.41, 5.74) is 3.01. The fourth-order valence-electron chi connectivity index (χ4n) is 3.43. The molecule has 0 aromatic heterocycles. The molecule has 5 nitrogen and oxygen atoms in total. The highest BCUT2D eigenvalue weighted by molar-refractivity contribution is 9.10. The molecule has 0 aliphatic rings. The largest absolute Gasteiger partial charge is 0.482 e. The Labute approximate surface area is 207 Å². The minimum absolute atomic E-state index is 0.235. The van der Waals surface area contributed by atoms with E-state index < -0.39 is 6.04 Å². The van der Waals surface area contributed by atoms with Gasteiger partial charge in [-0.15, -0.1) is 0 Å². The molecule has 3 aromatic carbocycles. The van der Waals surface area contributed by atoms with Crippen LogP contribution in [-0.2, 0) is 22.6 Å². The van der Waals surface area contributed by atoms with Gasteiger partial charge in [0.1, 0.15) is 11.8 Å². The maximum absolute atomic E-state index is 13.4. The van der Waals surface area contributed by atoms with Gasteiger partial charge in [0.15, 0.2) is 6.61 Å². The third kappa shape index (κ3) is 7.07. The second-order valence-corrected chi connectivity index (χ2v) is 9.01. The molecule has 3 aromatic rings. The van der Waals surface area contributed by atoms with Crippen LogP contribution >= 0.6 is 27.5 Å². The Kier molecular flexibility index (Phi) is 8.92. The quantitative estimate of drug-likeness (QED) is 0.416. The predicted molar refractivity (Wildman–Crippen MR) is 134 cm³/mol. The molecule has 0 fully saturated rings. The number of ether oxygens (including phenoxy) is 1. The zero-order valence-electron chi connectivity index (χ0n) is 18.6. The van der Waals surface area contributed by atoms with E-state index in [0.717, 1.165) is 21.2 Å². The van der Waals surface area contributed by atoms with Gasteiger partial charge in [-0.05, 0) is 36.2 Å². The first-order chi connectivity index (χ1) is 15.9. The molecule has 0 aliphatic heterocycles. The molecule has 33 heavy (non-hydrogen) atoms. The van der Waals surface area contributed by atoms with Gasteiger partial charge in [-0.2, -0.15) is 0 Å². The Hall–Kier alpha value is -2.83. The molecule has 1 atom stereocenters. The molecule has 0 aliphatic carbocycles. The molecule has 172 valence electrons. The standard InChI is InChI=1S/C26H26BrClN2O3/c1-18-8-10-20(11-9-18)16-30(23(26(32)29-2)14-19-6-4-3-5-7-19)25(31)17-33-24-13-12-21(27)15-22(24)28/h3-13,15,23H,14,16-17H2,1-2H3,(H,29,32). The van der Waals surface area contributed by atoms with E-state index in [1.54, 1.807) is 30.1 Å². The minimum atomic E-state index is -0.699. The highest BCUT2D eigenvalue weighted by Gasteiger charge is 2.30. The lowest BCUT2D eigenvalue weighted by atomic mass is 10.0. The van der Waals surface area contributed by atoms with Crippen LogP contribution in [0.3, 0.4) is 0 Å². The average molecular weight is 530 g/mol. The molecular formula is C26H26BrClN2O3. The summed E-state index contributed by atoms with van der Waals surface area (Å²) in [5, 5.41) is 3.10. The zero-order valence-corrected chi connectivity index (χ0v) is 20.9. The van der Waals surface area contributed by atoms with E-state index in [1.165, 1.54) is 0 Å². The Morgan fingerprint density at radius 3 is 2.36 bits per heavy atom. The van der Waals surface area contributed by atoms with Crippen LogP contribution in [0, 0.1) is 6.92 Å². The van der Waals surface area contributed by atoms with Crippen LogP contribution in [0.5, 0.6) is 5.75 Å². The van der Waals surface area contributed by atoms with Gasteiger partial charge in [-0.1, -0.05) is 87.7 Å². The number of amides is 2. The monoisotopic (exact) mass is 528 g/mol. The lowest BCUT2D eigenvalue weighted by Gasteiger charge is -2.31. The summed E-state index contributed by atoms with van der Waals surface area (Å²) < 4.78 is 6.54. The highest BCUT2D eigenvalue weighted by atomic mass is 79.9. The molecule has 2 amide bonds. The molecule has 0 heterocycles. The summed E-state index contributed by atoms with van der Waals surface area (Å²) in [5.74, 6) is -0.136. The van der Waals surface area contributed by atoms with Crippen LogP contribution in [0.2, 0.25) is 5.02 Å². The summed E-state index contributed by atoms with van der Waals surface area (Å²) in [6.07, 6.45) is 0.386. The Balaban J connectivity index is 1.87. The highest BCUT2D eigenvalue weighted by Crippen LogP contribution is 2.28. The van der Waals surface area contributed by atoms with E-state index in [4.69, 9.17) is 16.3 Å². The van der Waals surface area contributed by atoms with Gasteiger partial charge in [-0.3, -0.25) is 9.59 Å². The van der Waals surface area contributed by atoms with Crippen molar-refractivity contribution in [2.24, 2.45) is 0 Å². The zero-order chi connectivity index (χ0) is 23.8. The van der Waals surface area contributed by atoms with Gasteiger partial charge in [0, 0.05) is 24.5 Å². The van der Waals surface area contributed by atoms with Gasteiger partial charge in [-0.25, -0.2) is 0 Å². The average Bonchev–Trinajstić information content (AvgIpc) is 2.82. The number of benzene rings is 3. The number of carbonyl (C=O) groups is 2. The van der Waals surface area contributed by atoms with E-state index in [9.17, 15) is 9.59 Å². The molecule has 0 bridgehead atoms. The van der Waals surface area contributed by atoms with Gasteiger partial charge < -0.3 is 15.0 Å². The first-order valence-electron chi connectivity index (χ1n) is 10.6. The molecular weight excluding hydrogens is 504 g/mol. The molecule has 0 radical (unpaired) electrons. The maximum atomic E-state index is 13.4. The third-order valence-corrected chi connectivity index (χ3v) is 6.02. The van der Waals surface area contributed by atoms with Crippen molar-refractivity contribution in [2.45, 2.75) is 25.9 Å². The summed E-state index contributed by atoms with van der Waals surface area (Å²) in [7, 11) is 1.58. The van der Waals surface area contributed by atoms with Crippen LogP contribution in [0.4, 0.5) is 0 Å². The number of carbonyl (C=O) groups excluding carboxylic acids is 2. The van der Waals surface area contributed by atoms with Crippen molar-refractivity contribution >= 4 is 39.3 Å². The van der Waals surface area contributed by atoms with Crippen molar-refractivity contribution in [3.63, 3.8) is 0 Å². The molecule has 1 N–H and O–H groups in total. The SMILES string of the molecule is CNC(=O)C(Cc1ccccc1)N(Cc1ccc(C)cc1)C(=O)COc1ccc(Br)cc1Cl. The molecule has 0 saturated heterocycles. The van der Waals surface area contributed by atoms with Crippen molar-refractivity contribution in [1.82, 2.24) is 10.2 Å². The van der Waals surface area contributed by atoms with E-state index in [0.29, 0.717) is 17.2 Å². The Bertz CT molecular complexity index is 1090. The number of halogens is 2. The number of nitrogens with zero attached hydrogens (tertiary/aromatic N) is 1. The molecule has 0 spiro atoms. The van der Waals surface area contributed by atoms with Crippen LogP contribution in [-0.4, -0.2) is 36.4 Å². The van der Waals surface area contributed by atoms with E-state index in [2.05, 4.69) is 21.2 Å². The van der Waals surface area contributed by atoms with E-state index in [-0.39, 0.29) is 25.0 Å². The van der Waals surface area contributed by atoms with E-state index >= 15 is 0 Å². The smallest absolute Gasteiger partial charge is 0.261 e. The van der Waals surface area contributed by atoms with Crippen LogP contribution in [0.1, 0.15) is 16.7 Å². The number of nitrogens with one attached hydrogen (secondary N) is 1. The number of rotatable bonds is 9. The maximum Gasteiger partial charge on any atom is 0.261 e. The summed E-state index contributed by atoms with van der Waals surface area (Å²) in [4.78, 5) is 27.9. The van der Waals surface area contributed by atoms with Gasteiger partial charge in [0.05, 0.1) is 5.02 Å². The minimum Gasteiger partial charge on any atom is -0.482 e. The summed E-state index contributed by atoms with van der Waals surface area (Å²) in [6, 6.07) is 22.0. The number of hydrogen-bond donors (Lipinski definition) is 1. The number of likely N-dealkylation sites (N-methyl/N-ethyl adjacent to an activating group) is 1. The third-order valence-electron chi connectivity index (χ3n) is 5.24. The first-order valence-corrected chi connectivity index (χ1v) is 11.7. The summed E-state index contributed by atoms with van der Waals surface area (Å²) >= 11 is 9.59. The predicted octanol–water partition coefficient (Wildman–Crippen LogP) is 5.18. The van der Waals surface area contributed by atoms with Crippen molar-refractivity contribution in [2.75, 3.05) is 13.7 Å². The van der Waals surface area contributed by atoms with Crippen LogP contribution in [0.15, 0.2) is 77.3 Å². The van der Waals surface area contributed by atoms with Gasteiger partial charge in [0.2, 0.25) is 5.91 Å². The fraction of sp³-hybridized carbons (Fsp3) is 0.231.